The summed E-state index contributed by atoms with van der Waals surface area (Å²) in [6, 6.07) is 6.81. The molecule has 0 saturated carbocycles. The van der Waals surface area contributed by atoms with Crippen molar-refractivity contribution in [3.05, 3.63) is 52.7 Å². The second-order valence-corrected chi connectivity index (χ2v) is 11.4. The van der Waals surface area contributed by atoms with Crippen LogP contribution >= 0.6 is 0 Å². The first-order valence-corrected chi connectivity index (χ1v) is 12.0. The second kappa shape index (κ2) is 7.46. The van der Waals surface area contributed by atoms with Gasteiger partial charge < -0.3 is 9.64 Å². The van der Waals surface area contributed by atoms with Crippen molar-refractivity contribution in [2.24, 2.45) is 23.7 Å². The summed E-state index contributed by atoms with van der Waals surface area (Å²) in [7, 11) is 1.77. The molecule has 3 aliphatic rings. The van der Waals surface area contributed by atoms with Crippen LogP contribution < -0.4 is 4.74 Å². The Morgan fingerprint density at radius 3 is 2.50 bits per heavy atom. The summed E-state index contributed by atoms with van der Waals surface area (Å²) in [5.41, 5.74) is 6.71. The van der Waals surface area contributed by atoms with Gasteiger partial charge in [-0.05, 0) is 79.7 Å². The molecule has 2 heteroatoms. The van der Waals surface area contributed by atoms with Crippen molar-refractivity contribution in [1.82, 2.24) is 4.90 Å². The van der Waals surface area contributed by atoms with Gasteiger partial charge in [0.15, 0.2) is 0 Å². The third-order valence-electron chi connectivity index (χ3n) is 8.11. The van der Waals surface area contributed by atoms with Gasteiger partial charge in [0.2, 0.25) is 0 Å². The van der Waals surface area contributed by atoms with E-state index >= 15 is 0 Å². The van der Waals surface area contributed by atoms with Gasteiger partial charge in [-0.1, -0.05) is 52.8 Å². The van der Waals surface area contributed by atoms with Gasteiger partial charge >= 0.3 is 0 Å². The summed E-state index contributed by atoms with van der Waals surface area (Å²) in [5.74, 6) is 3.38. The molecule has 1 saturated heterocycles. The Labute approximate surface area is 184 Å². The number of nitrogens with zero attached hydrogens (tertiary/aromatic N) is 1. The van der Waals surface area contributed by atoms with Crippen molar-refractivity contribution in [3.63, 3.8) is 0 Å². The molecule has 2 nitrogen and oxygen atoms in total. The van der Waals surface area contributed by atoms with Crippen LogP contribution in [0, 0.1) is 23.7 Å². The van der Waals surface area contributed by atoms with E-state index in [-0.39, 0.29) is 11.0 Å². The number of allylic oxidation sites excluding steroid dienone is 4. The largest absolute Gasteiger partial charge is 0.497 e. The maximum absolute atomic E-state index is 5.51. The predicted molar refractivity (Wildman–Crippen MR) is 127 cm³/mol. The Hall–Kier alpha value is -1.70. The van der Waals surface area contributed by atoms with Crippen LogP contribution in [0.1, 0.15) is 72.4 Å². The minimum absolute atomic E-state index is 0.162. The van der Waals surface area contributed by atoms with E-state index in [1.165, 1.54) is 24.8 Å². The zero-order valence-corrected chi connectivity index (χ0v) is 20.4. The molecule has 0 N–H and O–H groups in total. The molecule has 30 heavy (non-hydrogen) atoms. The van der Waals surface area contributed by atoms with E-state index in [0.717, 1.165) is 12.3 Å². The summed E-state index contributed by atoms with van der Waals surface area (Å²) in [6.07, 6.45) is 8.57. The van der Waals surface area contributed by atoms with Crippen LogP contribution in [0.3, 0.4) is 0 Å². The average Bonchev–Trinajstić information content (AvgIpc) is 3.16. The molecule has 3 unspecified atom stereocenters. The van der Waals surface area contributed by atoms with Gasteiger partial charge in [-0.3, -0.25) is 0 Å². The average molecular weight is 408 g/mol. The molecule has 1 aromatic carbocycles. The van der Waals surface area contributed by atoms with Gasteiger partial charge in [-0.15, -0.1) is 0 Å². The number of ether oxygens (including phenoxy) is 1. The van der Waals surface area contributed by atoms with Crippen molar-refractivity contribution in [3.8, 4) is 5.75 Å². The van der Waals surface area contributed by atoms with Gasteiger partial charge in [-0.2, -0.15) is 0 Å². The number of methoxy groups -OCH3 is 1. The molecule has 0 bridgehead atoms. The Morgan fingerprint density at radius 2 is 1.87 bits per heavy atom. The van der Waals surface area contributed by atoms with E-state index in [9.17, 15) is 0 Å². The lowest BCUT2D eigenvalue weighted by Crippen LogP contribution is -2.43. The molecule has 1 heterocycles. The number of aryl methyl sites for hydroxylation is 1. The lowest BCUT2D eigenvalue weighted by molar-refractivity contribution is 0.167. The van der Waals surface area contributed by atoms with Crippen molar-refractivity contribution in [2.75, 3.05) is 13.7 Å². The minimum Gasteiger partial charge on any atom is -0.497 e. The quantitative estimate of drug-likeness (QED) is 0.547. The molecule has 0 radical (unpaired) electrons. The maximum Gasteiger partial charge on any atom is 0.119 e. The molecule has 3 atom stereocenters. The fourth-order valence-corrected chi connectivity index (χ4v) is 6.83. The molecule has 0 aromatic heterocycles. The number of fused-ring (bicyclic) bond motifs is 2. The number of benzene rings is 1. The van der Waals surface area contributed by atoms with Crippen molar-refractivity contribution in [1.29, 1.82) is 0 Å². The van der Waals surface area contributed by atoms with Gasteiger partial charge in [0.1, 0.15) is 5.75 Å². The van der Waals surface area contributed by atoms with E-state index in [1.807, 2.05) is 0 Å². The fourth-order valence-electron chi connectivity index (χ4n) is 6.83. The first-order valence-electron chi connectivity index (χ1n) is 12.0. The molecule has 1 fully saturated rings. The Kier molecular flexibility index (Phi) is 5.36. The van der Waals surface area contributed by atoms with E-state index in [0.29, 0.717) is 23.7 Å². The first kappa shape index (κ1) is 21.5. The minimum atomic E-state index is 0.162. The normalized spacial score (nSPS) is 30.1. The smallest absolute Gasteiger partial charge is 0.119 e. The molecule has 0 amide bonds. The van der Waals surface area contributed by atoms with Gasteiger partial charge in [-0.25, -0.2) is 0 Å². The zero-order valence-electron chi connectivity index (χ0n) is 20.4. The molecule has 1 spiro atoms. The zero-order chi connectivity index (χ0) is 21.8. The van der Waals surface area contributed by atoms with E-state index in [2.05, 4.69) is 83.7 Å². The van der Waals surface area contributed by atoms with Crippen molar-refractivity contribution < 1.29 is 4.74 Å². The van der Waals surface area contributed by atoms with Crippen LogP contribution in [0.15, 0.2) is 41.6 Å². The standard InChI is InChI=1S/C28H41NO/c1-18(2)23-11-9-20(5)25(19(3)4)26(23)29-17-28(16-27(29,6)7)14-13-21-15-22(30-8)10-12-24(21)28/h9-12,15,18-20,25H,13-14,16-17H2,1-8H3. The van der Waals surface area contributed by atoms with E-state index in [1.54, 1.807) is 23.9 Å². The SMILES string of the molecule is COc1ccc2c(c1)CCC21CN(C2=C(C(C)C)C=CC(C)C2C(C)C)C(C)(C)C1. The summed E-state index contributed by atoms with van der Waals surface area (Å²) < 4.78 is 5.51. The predicted octanol–water partition coefficient (Wildman–Crippen LogP) is 6.75. The number of hydrogen-bond donors (Lipinski definition) is 0. The molecule has 1 aliphatic heterocycles. The molecular weight excluding hydrogens is 366 g/mol. The van der Waals surface area contributed by atoms with E-state index < -0.39 is 0 Å². The highest BCUT2D eigenvalue weighted by molar-refractivity contribution is 5.47. The molecular formula is C28H41NO. The van der Waals surface area contributed by atoms with Crippen LogP contribution in [0.5, 0.6) is 5.75 Å². The van der Waals surface area contributed by atoms with Gasteiger partial charge in [0.05, 0.1) is 7.11 Å². The van der Waals surface area contributed by atoms with Crippen LogP contribution in [-0.4, -0.2) is 24.1 Å². The molecule has 4 rings (SSSR count). The third-order valence-corrected chi connectivity index (χ3v) is 8.11. The van der Waals surface area contributed by atoms with Crippen LogP contribution in [0.4, 0.5) is 0 Å². The number of likely N-dealkylation sites (tertiary alicyclic amines) is 1. The summed E-state index contributed by atoms with van der Waals surface area (Å²) in [5, 5.41) is 0. The third kappa shape index (κ3) is 3.31. The monoisotopic (exact) mass is 407 g/mol. The number of hydrogen-bond acceptors (Lipinski definition) is 2. The maximum atomic E-state index is 5.51. The first-order chi connectivity index (χ1) is 14.1. The summed E-state index contributed by atoms with van der Waals surface area (Å²) in [4.78, 5) is 2.84. The van der Waals surface area contributed by atoms with Gasteiger partial charge in [0, 0.05) is 29.1 Å². The topological polar surface area (TPSA) is 12.5 Å². The highest BCUT2D eigenvalue weighted by Crippen LogP contribution is 2.55. The highest BCUT2D eigenvalue weighted by Gasteiger charge is 2.54. The van der Waals surface area contributed by atoms with Crippen LogP contribution in [-0.2, 0) is 11.8 Å². The molecule has 2 aliphatic carbocycles. The Balaban J connectivity index is 1.80. The Morgan fingerprint density at radius 1 is 1.13 bits per heavy atom. The van der Waals surface area contributed by atoms with Crippen molar-refractivity contribution >= 4 is 0 Å². The Bertz CT molecular complexity index is 875. The fraction of sp³-hybridized carbons (Fsp3) is 0.643. The molecule has 164 valence electrons. The van der Waals surface area contributed by atoms with Gasteiger partial charge in [0.25, 0.3) is 0 Å². The lowest BCUT2D eigenvalue weighted by atomic mass is 9.74. The molecule has 1 aromatic rings. The highest BCUT2D eigenvalue weighted by atomic mass is 16.5. The lowest BCUT2D eigenvalue weighted by Gasteiger charge is -2.45. The second-order valence-electron chi connectivity index (χ2n) is 11.4. The summed E-state index contributed by atoms with van der Waals surface area (Å²) in [6.45, 7) is 18.1. The van der Waals surface area contributed by atoms with Crippen LogP contribution in [0.25, 0.3) is 0 Å². The van der Waals surface area contributed by atoms with E-state index in [4.69, 9.17) is 4.74 Å². The van der Waals surface area contributed by atoms with Crippen molar-refractivity contribution in [2.45, 2.75) is 78.7 Å². The van der Waals surface area contributed by atoms with Crippen LogP contribution in [0.2, 0.25) is 0 Å². The number of rotatable bonds is 4. The summed E-state index contributed by atoms with van der Waals surface area (Å²) >= 11 is 0.